The average molecular weight is 593 g/mol. The van der Waals surface area contributed by atoms with Crippen LogP contribution in [0.25, 0.3) is 22.2 Å². The molecule has 12 heteroatoms. The summed E-state index contributed by atoms with van der Waals surface area (Å²) in [5, 5.41) is 0.815. The number of fused-ring (bicyclic) bond motifs is 1. The molecule has 1 aliphatic carbocycles. The summed E-state index contributed by atoms with van der Waals surface area (Å²) in [5.41, 5.74) is 0.0551. The third-order valence-electron chi connectivity index (χ3n) is 6.81. The van der Waals surface area contributed by atoms with Crippen LogP contribution in [0.5, 0.6) is 11.5 Å². The molecule has 222 valence electrons. The first-order chi connectivity index (χ1) is 19.9. The van der Waals surface area contributed by atoms with Crippen molar-refractivity contribution in [2.45, 2.75) is 51.9 Å². The number of carbonyl (C=O) groups excluding carboxylic acids is 1. The minimum absolute atomic E-state index is 0.0153. The normalized spacial score (nSPS) is 13.8. The third kappa shape index (κ3) is 7.15. The van der Waals surface area contributed by atoms with E-state index in [1.807, 2.05) is 0 Å². The summed E-state index contributed by atoms with van der Waals surface area (Å²) in [6.07, 6.45) is -5.88. The zero-order valence-corrected chi connectivity index (χ0v) is 22.4. The summed E-state index contributed by atoms with van der Waals surface area (Å²) >= 11 is 0. The van der Waals surface area contributed by atoms with Gasteiger partial charge in [0.1, 0.15) is 24.7 Å². The standard InChI is InChI=1S/C30H26F6N2O4/c1-2-40-28(39)16-38-12-11-20-7-10-22(14-27(20)38)41-17-23-24(29(31,32)33)15-25(37-26(23)13-18-3-4-18)19-5-8-21(9-6-19)42-30(34,35)36/h5-12,14-15,18H,2-4,13,16-17H2,1H3. The molecule has 0 amide bonds. The van der Waals surface area contributed by atoms with Gasteiger partial charge in [0.25, 0.3) is 0 Å². The highest BCUT2D eigenvalue weighted by atomic mass is 19.4. The van der Waals surface area contributed by atoms with Crippen LogP contribution in [0.3, 0.4) is 0 Å². The maximum Gasteiger partial charge on any atom is 0.573 e. The Morgan fingerprint density at radius 3 is 2.33 bits per heavy atom. The Hall–Kier alpha value is -4.22. The van der Waals surface area contributed by atoms with E-state index in [9.17, 15) is 31.1 Å². The summed E-state index contributed by atoms with van der Waals surface area (Å²) < 4.78 is 97.2. The highest BCUT2D eigenvalue weighted by Gasteiger charge is 2.37. The fourth-order valence-corrected chi connectivity index (χ4v) is 4.67. The van der Waals surface area contributed by atoms with Crippen molar-refractivity contribution in [2.75, 3.05) is 6.61 Å². The van der Waals surface area contributed by atoms with Crippen molar-refractivity contribution in [3.05, 3.63) is 77.6 Å². The summed E-state index contributed by atoms with van der Waals surface area (Å²) in [4.78, 5) is 16.5. The fraction of sp³-hybridized carbons (Fsp3) is 0.333. The van der Waals surface area contributed by atoms with Gasteiger partial charge in [0.15, 0.2) is 0 Å². The van der Waals surface area contributed by atoms with Crippen LogP contribution in [0, 0.1) is 5.92 Å². The minimum Gasteiger partial charge on any atom is -0.489 e. The molecule has 0 spiro atoms. The van der Waals surface area contributed by atoms with Crippen LogP contribution in [0.4, 0.5) is 26.3 Å². The molecular formula is C30H26F6N2O4. The lowest BCUT2D eigenvalue weighted by Crippen LogP contribution is -2.17. The monoisotopic (exact) mass is 592 g/mol. The Morgan fingerprint density at radius 1 is 0.976 bits per heavy atom. The van der Waals surface area contributed by atoms with Gasteiger partial charge in [-0.25, -0.2) is 0 Å². The second-order valence-corrected chi connectivity index (χ2v) is 9.96. The Morgan fingerprint density at radius 2 is 1.69 bits per heavy atom. The number of rotatable bonds is 10. The predicted molar refractivity (Wildman–Crippen MR) is 141 cm³/mol. The molecule has 1 saturated carbocycles. The number of ether oxygens (including phenoxy) is 3. The van der Waals surface area contributed by atoms with E-state index in [1.54, 1.807) is 42.0 Å². The predicted octanol–water partition coefficient (Wildman–Crippen LogP) is 7.72. The number of hydrogen-bond acceptors (Lipinski definition) is 5. The van der Waals surface area contributed by atoms with Gasteiger partial charge >= 0.3 is 18.5 Å². The Balaban J connectivity index is 1.46. The molecule has 0 N–H and O–H groups in total. The van der Waals surface area contributed by atoms with Crippen molar-refractivity contribution in [3.63, 3.8) is 0 Å². The van der Waals surface area contributed by atoms with Gasteiger partial charge in [-0.05, 0) is 86.0 Å². The molecule has 1 aliphatic rings. The minimum atomic E-state index is -4.89. The van der Waals surface area contributed by atoms with Gasteiger partial charge in [-0.15, -0.1) is 13.2 Å². The van der Waals surface area contributed by atoms with E-state index in [0.717, 1.165) is 36.4 Å². The van der Waals surface area contributed by atoms with Gasteiger partial charge in [-0.1, -0.05) is 0 Å². The molecule has 6 nitrogen and oxygen atoms in total. The highest BCUT2D eigenvalue weighted by Crippen LogP contribution is 2.40. The second kappa shape index (κ2) is 11.6. The molecule has 0 bridgehead atoms. The molecule has 5 rings (SSSR count). The molecule has 1 fully saturated rings. The van der Waals surface area contributed by atoms with Gasteiger partial charge in [-0.2, -0.15) is 13.2 Å². The fourth-order valence-electron chi connectivity index (χ4n) is 4.67. The average Bonchev–Trinajstić information content (AvgIpc) is 3.65. The highest BCUT2D eigenvalue weighted by molar-refractivity contribution is 5.83. The number of benzene rings is 2. The molecule has 2 heterocycles. The van der Waals surface area contributed by atoms with Gasteiger partial charge in [-0.3, -0.25) is 9.78 Å². The maximum absolute atomic E-state index is 14.4. The van der Waals surface area contributed by atoms with E-state index in [0.29, 0.717) is 17.7 Å². The van der Waals surface area contributed by atoms with Crippen molar-refractivity contribution in [2.24, 2.45) is 5.92 Å². The summed E-state index contributed by atoms with van der Waals surface area (Å²) in [6.45, 7) is 1.50. The molecule has 0 radical (unpaired) electrons. The molecule has 2 aromatic carbocycles. The Kier molecular flexibility index (Phi) is 8.07. The molecule has 0 atom stereocenters. The van der Waals surface area contributed by atoms with Gasteiger partial charge < -0.3 is 18.8 Å². The Labute approximate surface area is 236 Å². The number of nitrogens with zero attached hydrogens (tertiary/aromatic N) is 2. The molecule has 0 saturated heterocycles. The first-order valence-electron chi connectivity index (χ1n) is 13.2. The Bertz CT molecular complexity index is 1570. The molecule has 0 unspecified atom stereocenters. The van der Waals surface area contributed by atoms with Crippen LogP contribution in [0.2, 0.25) is 0 Å². The first-order valence-corrected chi connectivity index (χ1v) is 13.2. The van der Waals surface area contributed by atoms with Crippen molar-refractivity contribution in [1.29, 1.82) is 0 Å². The van der Waals surface area contributed by atoms with E-state index >= 15 is 0 Å². The molecule has 0 aliphatic heterocycles. The van der Waals surface area contributed by atoms with Gasteiger partial charge in [0.05, 0.1) is 23.4 Å². The van der Waals surface area contributed by atoms with Crippen LogP contribution in [0.1, 0.15) is 36.6 Å². The lowest BCUT2D eigenvalue weighted by Gasteiger charge is -2.19. The lowest BCUT2D eigenvalue weighted by atomic mass is 9.99. The van der Waals surface area contributed by atoms with Crippen LogP contribution < -0.4 is 9.47 Å². The zero-order valence-electron chi connectivity index (χ0n) is 22.4. The van der Waals surface area contributed by atoms with Crippen molar-refractivity contribution in [3.8, 4) is 22.8 Å². The van der Waals surface area contributed by atoms with Crippen molar-refractivity contribution in [1.82, 2.24) is 9.55 Å². The maximum atomic E-state index is 14.4. The molecule has 2 aromatic heterocycles. The third-order valence-corrected chi connectivity index (χ3v) is 6.81. The van der Waals surface area contributed by atoms with Crippen LogP contribution >= 0.6 is 0 Å². The number of aromatic nitrogens is 2. The molecule has 42 heavy (non-hydrogen) atoms. The summed E-state index contributed by atoms with van der Waals surface area (Å²) in [7, 11) is 0. The SMILES string of the molecule is CCOC(=O)Cn1ccc2ccc(OCc3c(C(F)(F)F)cc(-c4ccc(OC(F)(F)F)cc4)nc3CC3CC3)cc21. The summed E-state index contributed by atoms with van der Waals surface area (Å²) in [6, 6.07) is 12.3. The zero-order chi connectivity index (χ0) is 30.1. The van der Waals surface area contributed by atoms with E-state index in [-0.39, 0.29) is 41.6 Å². The summed E-state index contributed by atoms with van der Waals surface area (Å²) in [5.74, 6) is -0.413. The number of esters is 1. The van der Waals surface area contributed by atoms with Crippen molar-refractivity contribution < 1.29 is 45.3 Å². The van der Waals surface area contributed by atoms with Crippen LogP contribution in [-0.2, 0) is 35.3 Å². The molecule has 4 aromatic rings. The van der Waals surface area contributed by atoms with E-state index in [1.165, 1.54) is 12.1 Å². The number of alkyl halides is 6. The van der Waals surface area contributed by atoms with Crippen LogP contribution in [-0.4, -0.2) is 28.5 Å². The lowest BCUT2D eigenvalue weighted by molar-refractivity contribution is -0.274. The van der Waals surface area contributed by atoms with Crippen molar-refractivity contribution >= 4 is 16.9 Å². The largest absolute Gasteiger partial charge is 0.573 e. The quantitative estimate of drug-likeness (QED) is 0.139. The van der Waals surface area contributed by atoms with E-state index in [2.05, 4.69) is 9.72 Å². The first kappa shape index (κ1) is 29.3. The topological polar surface area (TPSA) is 62.6 Å². The van der Waals surface area contributed by atoms with E-state index < -0.39 is 36.4 Å². The number of hydrogen-bond donors (Lipinski definition) is 0. The number of carbonyl (C=O) groups is 1. The number of halogens is 6. The second-order valence-electron chi connectivity index (χ2n) is 9.96. The molecular weight excluding hydrogens is 566 g/mol. The van der Waals surface area contributed by atoms with Gasteiger partial charge in [0.2, 0.25) is 0 Å². The van der Waals surface area contributed by atoms with Gasteiger partial charge in [0, 0.05) is 29.1 Å². The number of pyridine rings is 1. The smallest absolute Gasteiger partial charge is 0.489 e. The van der Waals surface area contributed by atoms with Crippen LogP contribution in [0.15, 0.2) is 60.8 Å². The van der Waals surface area contributed by atoms with E-state index in [4.69, 9.17) is 9.47 Å².